The van der Waals surface area contributed by atoms with E-state index in [1.165, 1.54) is 35.0 Å². The van der Waals surface area contributed by atoms with E-state index in [0.717, 1.165) is 34.4 Å². The summed E-state index contributed by atoms with van der Waals surface area (Å²) < 4.78 is 1.67. The van der Waals surface area contributed by atoms with Crippen molar-refractivity contribution < 1.29 is 4.79 Å². The number of nitrogens with zero attached hydrogens (tertiary/aromatic N) is 3. The molecule has 5 nitrogen and oxygen atoms in total. The Morgan fingerprint density at radius 1 is 1.37 bits per heavy atom. The Morgan fingerprint density at radius 2 is 2.20 bits per heavy atom. The molecular formula is C22H25N3O2S3. The van der Waals surface area contributed by atoms with Crippen LogP contribution in [0.25, 0.3) is 10.2 Å². The van der Waals surface area contributed by atoms with Gasteiger partial charge in [0.25, 0.3) is 5.56 Å². The minimum Gasteiger partial charge on any atom is -0.340 e. The molecule has 0 radical (unpaired) electrons. The maximum atomic E-state index is 13.3. The van der Waals surface area contributed by atoms with E-state index in [2.05, 4.69) is 6.58 Å². The van der Waals surface area contributed by atoms with Crippen molar-refractivity contribution in [2.45, 2.75) is 50.4 Å². The fourth-order valence-electron chi connectivity index (χ4n) is 3.76. The Morgan fingerprint density at radius 3 is 2.97 bits per heavy atom. The number of fused-ring (bicyclic) bond motifs is 3. The number of carbonyl (C=O) groups is 1. The molecule has 0 N–H and O–H groups in total. The van der Waals surface area contributed by atoms with Crippen LogP contribution in [0.2, 0.25) is 0 Å². The lowest BCUT2D eigenvalue weighted by molar-refractivity contribution is -0.127. The number of aromatic nitrogens is 2. The molecular weight excluding hydrogens is 434 g/mol. The molecule has 3 aromatic heterocycles. The van der Waals surface area contributed by atoms with E-state index < -0.39 is 0 Å². The van der Waals surface area contributed by atoms with Crippen molar-refractivity contribution in [1.82, 2.24) is 14.5 Å². The lowest BCUT2D eigenvalue weighted by Gasteiger charge is -2.16. The van der Waals surface area contributed by atoms with Gasteiger partial charge in [0.2, 0.25) is 5.91 Å². The van der Waals surface area contributed by atoms with Crippen molar-refractivity contribution in [2.75, 3.05) is 12.8 Å². The third-order valence-corrected chi connectivity index (χ3v) is 8.33. The average molecular weight is 460 g/mol. The molecule has 0 atom stereocenters. The monoisotopic (exact) mass is 459 g/mol. The van der Waals surface area contributed by atoms with Crippen LogP contribution in [0, 0.1) is 0 Å². The second-order valence-electron chi connectivity index (χ2n) is 7.46. The third-order valence-electron chi connectivity index (χ3n) is 5.33. The first-order valence-electron chi connectivity index (χ1n) is 10.1. The molecule has 158 valence electrons. The number of thioether (sulfide) groups is 1. The van der Waals surface area contributed by atoms with Crippen LogP contribution in [0.4, 0.5) is 0 Å². The van der Waals surface area contributed by atoms with Crippen molar-refractivity contribution in [1.29, 1.82) is 0 Å². The molecule has 3 heterocycles. The summed E-state index contributed by atoms with van der Waals surface area (Å²) in [6, 6.07) is 4.02. The molecule has 0 saturated heterocycles. The predicted octanol–water partition coefficient (Wildman–Crippen LogP) is 4.73. The Balaban J connectivity index is 1.60. The molecule has 0 aliphatic heterocycles. The summed E-state index contributed by atoms with van der Waals surface area (Å²) >= 11 is 4.63. The Kier molecular flexibility index (Phi) is 6.75. The summed E-state index contributed by atoms with van der Waals surface area (Å²) in [5.74, 6) is 0.275. The Hall–Kier alpha value is -1.90. The number of carbonyl (C=O) groups excluding carboxylic acids is 1. The molecule has 0 bridgehead atoms. The van der Waals surface area contributed by atoms with Crippen LogP contribution in [0.1, 0.15) is 34.6 Å². The highest BCUT2D eigenvalue weighted by molar-refractivity contribution is 7.99. The highest BCUT2D eigenvalue weighted by Crippen LogP contribution is 2.34. The van der Waals surface area contributed by atoms with E-state index in [1.54, 1.807) is 38.2 Å². The lowest BCUT2D eigenvalue weighted by atomic mass is 10.1. The van der Waals surface area contributed by atoms with E-state index in [-0.39, 0.29) is 17.2 Å². The minimum atomic E-state index is 0.00110. The van der Waals surface area contributed by atoms with Crippen LogP contribution >= 0.6 is 34.4 Å². The summed E-state index contributed by atoms with van der Waals surface area (Å²) in [4.78, 5) is 35.8. The summed E-state index contributed by atoms with van der Waals surface area (Å²) in [5, 5.41) is 3.39. The first kappa shape index (κ1) is 21.3. The molecule has 0 saturated carbocycles. The largest absolute Gasteiger partial charge is 0.340 e. The zero-order chi connectivity index (χ0) is 21.1. The number of aryl methyl sites for hydroxylation is 2. The highest BCUT2D eigenvalue weighted by Gasteiger charge is 2.22. The van der Waals surface area contributed by atoms with Crippen molar-refractivity contribution >= 4 is 50.6 Å². The topological polar surface area (TPSA) is 55.2 Å². The van der Waals surface area contributed by atoms with Crippen molar-refractivity contribution in [3.05, 3.63) is 55.8 Å². The molecule has 4 rings (SSSR count). The van der Waals surface area contributed by atoms with Crippen LogP contribution in [0.5, 0.6) is 0 Å². The fraction of sp³-hybridized carbons (Fsp3) is 0.409. The van der Waals surface area contributed by atoms with Gasteiger partial charge in [-0.2, -0.15) is 0 Å². The van der Waals surface area contributed by atoms with E-state index in [9.17, 15) is 9.59 Å². The summed E-state index contributed by atoms with van der Waals surface area (Å²) in [6.07, 6.45) is 7.22. The van der Waals surface area contributed by atoms with Gasteiger partial charge in [0.15, 0.2) is 5.16 Å². The molecule has 30 heavy (non-hydrogen) atoms. The van der Waals surface area contributed by atoms with Gasteiger partial charge in [-0.3, -0.25) is 14.2 Å². The molecule has 3 aromatic rings. The van der Waals surface area contributed by atoms with Crippen LogP contribution < -0.4 is 5.56 Å². The maximum absolute atomic E-state index is 13.3. The summed E-state index contributed by atoms with van der Waals surface area (Å²) in [7, 11) is 1.81. The highest BCUT2D eigenvalue weighted by atomic mass is 32.2. The second kappa shape index (κ2) is 9.49. The van der Waals surface area contributed by atoms with Crippen molar-refractivity contribution in [3.63, 3.8) is 0 Å². The van der Waals surface area contributed by atoms with Crippen molar-refractivity contribution in [3.8, 4) is 0 Å². The average Bonchev–Trinajstić information content (AvgIpc) is 3.30. The third kappa shape index (κ3) is 4.40. The van der Waals surface area contributed by atoms with Crippen LogP contribution in [0.3, 0.4) is 0 Å². The summed E-state index contributed by atoms with van der Waals surface area (Å²) in [5.41, 5.74) is 1.20. The zero-order valence-electron chi connectivity index (χ0n) is 17.1. The number of amides is 1. The smallest absolute Gasteiger partial charge is 0.263 e. The van der Waals surface area contributed by atoms with E-state index >= 15 is 0 Å². The molecule has 8 heteroatoms. The first-order valence-corrected chi connectivity index (χ1v) is 12.8. The molecule has 1 amide bonds. The molecule has 1 aliphatic rings. The van der Waals surface area contributed by atoms with Gasteiger partial charge >= 0.3 is 0 Å². The normalized spacial score (nSPS) is 13.8. The number of thiophene rings is 2. The van der Waals surface area contributed by atoms with Crippen LogP contribution in [-0.4, -0.2) is 33.2 Å². The van der Waals surface area contributed by atoms with Gasteiger partial charge in [-0.1, -0.05) is 30.3 Å². The summed E-state index contributed by atoms with van der Waals surface area (Å²) in [6.45, 7) is 4.80. The van der Waals surface area contributed by atoms with Crippen LogP contribution in [-0.2, 0) is 30.7 Å². The zero-order valence-corrected chi connectivity index (χ0v) is 19.5. The molecule has 0 unspecified atom stereocenters. The first-order chi connectivity index (χ1) is 14.6. The lowest BCUT2D eigenvalue weighted by Crippen LogP contribution is -2.28. The van der Waals surface area contributed by atoms with Crippen molar-refractivity contribution in [2.24, 2.45) is 0 Å². The molecule has 0 spiro atoms. The van der Waals surface area contributed by atoms with Gasteiger partial charge in [-0.05, 0) is 42.7 Å². The van der Waals surface area contributed by atoms with Gasteiger partial charge < -0.3 is 4.90 Å². The van der Waals surface area contributed by atoms with Gasteiger partial charge in [-0.15, -0.1) is 29.3 Å². The predicted molar refractivity (Wildman–Crippen MR) is 127 cm³/mol. The minimum absolute atomic E-state index is 0.00110. The van der Waals surface area contributed by atoms with E-state index in [0.29, 0.717) is 18.2 Å². The van der Waals surface area contributed by atoms with E-state index in [4.69, 9.17) is 4.98 Å². The standard InChI is InChI=1S/C22H25N3O2S3/c1-3-11-25-21(27)19-16-9-5-4-6-10-17(16)30-20(19)23-22(25)29-14-18(26)24(2)13-15-8-7-12-28-15/h3,7-8,12H,1,4-6,9-11,13-14H2,2H3. The number of allylic oxidation sites excluding steroid dienone is 1. The fourth-order valence-corrected chi connectivity index (χ4v) is 6.77. The molecule has 1 aliphatic carbocycles. The number of hydrogen-bond donors (Lipinski definition) is 0. The number of hydrogen-bond acceptors (Lipinski definition) is 6. The second-order valence-corrected chi connectivity index (χ2v) is 10.5. The maximum Gasteiger partial charge on any atom is 0.263 e. The Labute approximate surface area is 188 Å². The number of rotatable bonds is 7. The van der Waals surface area contributed by atoms with Gasteiger partial charge in [0.1, 0.15) is 4.83 Å². The molecule has 0 aromatic carbocycles. The van der Waals surface area contributed by atoms with Gasteiger partial charge in [-0.25, -0.2) is 4.98 Å². The van der Waals surface area contributed by atoms with Gasteiger partial charge in [0.05, 0.1) is 17.7 Å². The van der Waals surface area contributed by atoms with E-state index in [1.807, 2.05) is 24.6 Å². The SMILES string of the molecule is C=CCn1c(SCC(=O)N(C)Cc2cccs2)nc2sc3c(c2c1=O)CCCCC3. The van der Waals surface area contributed by atoms with Crippen LogP contribution in [0.15, 0.2) is 40.1 Å². The Bertz CT molecular complexity index is 1120. The quantitative estimate of drug-likeness (QED) is 0.222. The molecule has 0 fully saturated rings. The van der Waals surface area contributed by atoms with Gasteiger partial charge in [0, 0.05) is 23.3 Å².